The van der Waals surface area contributed by atoms with Crippen LogP contribution in [0.3, 0.4) is 0 Å². The highest BCUT2D eigenvalue weighted by Gasteiger charge is 2.13. The first kappa shape index (κ1) is 16.6. The molecular weight excluding hydrogens is 166 g/mol. The van der Waals surface area contributed by atoms with Crippen molar-refractivity contribution in [3.05, 3.63) is 0 Å². The lowest BCUT2D eigenvalue weighted by Gasteiger charge is -2.22. The molecule has 0 aromatic heterocycles. The van der Waals surface area contributed by atoms with Crippen molar-refractivity contribution >= 4 is 15.7 Å². The van der Waals surface area contributed by atoms with E-state index >= 15 is 0 Å². The predicted octanol–water partition coefficient (Wildman–Crippen LogP) is 3.09. The van der Waals surface area contributed by atoms with Crippen LogP contribution in [0.5, 0.6) is 0 Å². The molecule has 0 atom stereocenters. The summed E-state index contributed by atoms with van der Waals surface area (Å²) in [6, 6.07) is 0. The van der Waals surface area contributed by atoms with Gasteiger partial charge in [0.2, 0.25) is 0 Å². The monoisotopic (exact) mass is 196 g/mol. The van der Waals surface area contributed by atoms with Gasteiger partial charge in [0.15, 0.2) is 0 Å². The van der Waals surface area contributed by atoms with Gasteiger partial charge >= 0.3 is 0 Å². The van der Waals surface area contributed by atoms with Gasteiger partial charge in [-0.15, -0.1) is 0 Å². The largest absolute Gasteiger partial charge is 0.109 e. The first-order valence-corrected chi connectivity index (χ1v) is 6.36. The van der Waals surface area contributed by atoms with Crippen LogP contribution in [0.2, 0.25) is 11.6 Å². The van der Waals surface area contributed by atoms with E-state index in [1.807, 2.05) is 0 Å². The molecule has 0 saturated heterocycles. The van der Waals surface area contributed by atoms with Crippen LogP contribution < -0.4 is 0 Å². The van der Waals surface area contributed by atoms with Gasteiger partial charge in [-0.3, -0.25) is 0 Å². The average Bonchev–Trinajstić information content (AvgIpc) is 2.05. The van der Waals surface area contributed by atoms with Crippen molar-refractivity contribution in [2.75, 3.05) is 0 Å². The molecule has 0 N–H and O–H groups in total. The minimum atomic E-state index is 0.500. The molecule has 84 valence electrons. The van der Waals surface area contributed by atoms with Gasteiger partial charge in [-0.2, -0.15) is 0 Å². The summed E-state index contributed by atoms with van der Waals surface area (Å²) < 4.78 is 0. The van der Waals surface area contributed by atoms with Crippen LogP contribution >= 0.6 is 0 Å². The molecule has 0 unspecified atom stereocenters. The lowest BCUT2D eigenvalue weighted by Crippen LogP contribution is -2.09. The van der Waals surface area contributed by atoms with Gasteiger partial charge in [0.05, 0.1) is 0 Å². The summed E-state index contributed by atoms with van der Waals surface area (Å²) in [5.41, 5.74) is 0. The maximum atomic E-state index is 2.26. The second-order valence-corrected chi connectivity index (χ2v) is 5.58. The second kappa shape index (κ2) is 9.68. The molecule has 0 rings (SSSR count). The fourth-order valence-electron chi connectivity index (χ4n) is 0.677. The summed E-state index contributed by atoms with van der Waals surface area (Å²) >= 11 is 0. The molecule has 0 fully saturated rings. The third-order valence-electron chi connectivity index (χ3n) is 2.94. The Morgan fingerprint density at radius 1 is 1.07 bits per heavy atom. The van der Waals surface area contributed by atoms with Crippen LogP contribution in [0.1, 0.15) is 60.3 Å². The van der Waals surface area contributed by atoms with E-state index in [1.54, 1.807) is 0 Å². The Kier molecular flexibility index (Phi) is 11.4. The Labute approximate surface area is 94.1 Å². The van der Waals surface area contributed by atoms with Crippen LogP contribution in [0.25, 0.3) is 0 Å². The van der Waals surface area contributed by atoms with Crippen LogP contribution in [-0.4, -0.2) is 15.7 Å². The third kappa shape index (κ3) is 14.6. The Hall–Kier alpha value is 0.130. The predicted molar refractivity (Wildman–Crippen MR) is 74.9 cm³/mol. The first-order valence-electron chi connectivity index (χ1n) is 6.36. The van der Waals surface area contributed by atoms with Gasteiger partial charge in [-0.25, -0.2) is 0 Å². The standard InChI is InChI=1S/2C6H15B/c1-5(2)6(3,4)7;1-2-3-4-5-6-7/h5H,7H2,1-4H3;2-7H2,1H3. The zero-order valence-corrected chi connectivity index (χ0v) is 11.6. The molecule has 0 saturated carbocycles. The minimum absolute atomic E-state index is 0.500. The van der Waals surface area contributed by atoms with Crippen molar-refractivity contribution in [1.29, 1.82) is 0 Å². The summed E-state index contributed by atoms with van der Waals surface area (Å²) in [6.45, 7) is 11.3. The quantitative estimate of drug-likeness (QED) is 0.468. The van der Waals surface area contributed by atoms with Crippen molar-refractivity contribution in [2.24, 2.45) is 5.92 Å². The zero-order chi connectivity index (χ0) is 11.6. The smallest absolute Gasteiger partial charge is 0.0811 e. The van der Waals surface area contributed by atoms with E-state index < -0.39 is 0 Å². The molecule has 0 bridgehead atoms. The molecule has 0 aromatic carbocycles. The molecular formula is C12H30B2. The maximum absolute atomic E-state index is 2.26. The fraction of sp³-hybridized carbons (Fsp3) is 1.00. The maximum Gasteiger partial charge on any atom is 0.109 e. The topological polar surface area (TPSA) is 0 Å². The highest BCUT2D eigenvalue weighted by Crippen LogP contribution is 2.28. The van der Waals surface area contributed by atoms with Gasteiger partial charge in [-0.05, 0) is 5.92 Å². The van der Waals surface area contributed by atoms with Crippen LogP contribution in [-0.2, 0) is 0 Å². The van der Waals surface area contributed by atoms with Crippen LogP contribution in [0.4, 0.5) is 0 Å². The third-order valence-corrected chi connectivity index (χ3v) is 2.94. The van der Waals surface area contributed by atoms with E-state index in [2.05, 4.69) is 50.3 Å². The Morgan fingerprint density at radius 2 is 1.50 bits per heavy atom. The molecule has 0 aliphatic heterocycles. The Balaban J connectivity index is 0. The molecule has 14 heavy (non-hydrogen) atoms. The van der Waals surface area contributed by atoms with Crippen LogP contribution in [0, 0.1) is 5.92 Å². The molecule has 0 aliphatic rings. The number of hydrogen-bond acceptors (Lipinski definition) is 0. The lowest BCUT2D eigenvalue weighted by molar-refractivity contribution is 0.480. The van der Waals surface area contributed by atoms with Crippen molar-refractivity contribution < 1.29 is 0 Å². The molecule has 0 heterocycles. The van der Waals surface area contributed by atoms with Gasteiger partial charge in [0, 0.05) is 0 Å². The van der Waals surface area contributed by atoms with E-state index in [4.69, 9.17) is 0 Å². The highest BCUT2D eigenvalue weighted by atomic mass is 14.1. The number of hydrogen-bond donors (Lipinski definition) is 0. The summed E-state index contributed by atoms with van der Waals surface area (Å²) in [6.07, 6.45) is 7.01. The SMILES string of the molecule is BC(C)(C)C(C)C.BCCCCCC. The van der Waals surface area contributed by atoms with Crippen molar-refractivity contribution in [2.45, 2.75) is 71.9 Å². The van der Waals surface area contributed by atoms with E-state index in [1.165, 1.54) is 32.0 Å². The van der Waals surface area contributed by atoms with E-state index in [0.29, 0.717) is 5.31 Å². The molecule has 0 nitrogen and oxygen atoms in total. The average molecular weight is 196 g/mol. The van der Waals surface area contributed by atoms with Crippen molar-refractivity contribution in [1.82, 2.24) is 0 Å². The molecule has 0 amide bonds. The number of unbranched alkanes of at least 4 members (excludes halogenated alkanes) is 3. The van der Waals surface area contributed by atoms with E-state index in [-0.39, 0.29) is 0 Å². The minimum Gasteiger partial charge on any atom is -0.0811 e. The van der Waals surface area contributed by atoms with Gasteiger partial charge < -0.3 is 0 Å². The summed E-state index contributed by atoms with van der Waals surface area (Å²) in [4.78, 5) is 0. The summed E-state index contributed by atoms with van der Waals surface area (Å²) in [5.74, 6) is 0.799. The van der Waals surface area contributed by atoms with Crippen molar-refractivity contribution in [3.8, 4) is 0 Å². The number of rotatable bonds is 5. The second-order valence-electron chi connectivity index (χ2n) is 5.58. The normalized spacial score (nSPS) is 11.0. The molecule has 0 aliphatic carbocycles. The van der Waals surface area contributed by atoms with E-state index in [0.717, 1.165) is 5.92 Å². The van der Waals surface area contributed by atoms with Crippen LogP contribution in [0.15, 0.2) is 0 Å². The highest BCUT2D eigenvalue weighted by molar-refractivity contribution is 6.14. The first-order chi connectivity index (χ1) is 6.36. The lowest BCUT2D eigenvalue weighted by atomic mass is 9.65. The van der Waals surface area contributed by atoms with E-state index in [9.17, 15) is 0 Å². The Morgan fingerprint density at radius 3 is 1.71 bits per heavy atom. The zero-order valence-electron chi connectivity index (χ0n) is 11.6. The van der Waals surface area contributed by atoms with Gasteiger partial charge in [-0.1, -0.05) is 71.9 Å². The Bertz CT molecular complexity index is 99.4. The molecule has 0 spiro atoms. The molecule has 2 heteroatoms. The summed E-state index contributed by atoms with van der Waals surface area (Å²) in [7, 11) is 4.51. The summed E-state index contributed by atoms with van der Waals surface area (Å²) in [5, 5.41) is 0.500. The van der Waals surface area contributed by atoms with Gasteiger partial charge in [0.25, 0.3) is 0 Å². The van der Waals surface area contributed by atoms with Gasteiger partial charge in [0.1, 0.15) is 15.7 Å². The fourth-order valence-corrected chi connectivity index (χ4v) is 0.677. The molecule has 0 aromatic rings. The molecule has 0 radical (unpaired) electrons. The van der Waals surface area contributed by atoms with Crippen molar-refractivity contribution in [3.63, 3.8) is 0 Å².